The second-order valence-electron chi connectivity index (χ2n) is 4.75. The molecule has 128 valence electrons. The molecule has 7 nitrogen and oxygen atoms in total. The molecule has 0 saturated carbocycles. The zero-order chi connectivity index (χ0) is 18.4. The lowest BCUT2D eigenvalue weighted by atomic mass is 10.2. The highest BCUT2D eigenvalue weighted by atomic mass is 35.5. The van der Waals surface area contributed by atoms with Gasteiger partial charge in [0, 0.05) is 11.9 Å². The third-order valence-electron chi connectivity index (χ3n) is 3.02. The Morgan fingerprint density at radius 3 is 2.36 bits per heavy atom. The van der Waals surface area contributed by atoms with Gasteiger partial charge in [0.05, 0.1) is 15.6 Å². The van der Waals surface area contributed by atoms with Crippen LogP contribution < -0.4 is 10.6 Å². The second kappa shape index (κ2) is 7.81. The average molecular weight is 378 g/mol. The number of nitriles is 1. The molecule has 0 heterocycles. The van der Waals surface area contributed by atoms with Gasteiger partial charge in [0.25, 0.3) is 16.0 Å². The van der Waals surface area contributed by atoms with E-state index in [-0.39, 0.29) is 10.5 Å². The smallest absolute Gasteiger partial charge is 0.294 e. The van der Waals surface area contributed by atoms with E-state index in [0.29, 0.717) is 16.4 Å². The molecule has 0 unspecified atom stereocenters. The minimum Gasteiger partial charge on any atom is -0.360 e. The summed E-state index contributed by atoms with van der Waals surface area (Å²) in [5.41, 5.74) is 0.581. The number of carbonyl (C=O) groups excluding carboxylic acids is 1. The molecule has 0 saturated heterocycles. The van der Waals surface area contributed by atoms with Crippen LogP contribution in [0.3, 0.4) is 0 Å². The minimum atomic E-state index is -4.28. The summed E-state index contributed by atoms with van der Waals surface area (Å²) in [5, 5.41) is 14.7. The average Bonchev–Trinajstić information content (AvgIpc) is 2.57. The van der Waals surface area contributed by atoms with Gasteiger partial charge in [-0.25, -0.2) is 0 Å². The fourth-order valence-corrected chi connectivity index (χ4v) is 2.44. The van der Waals surface area contributed by atoms with Gasteiger partial charge in [0.1, 0.15) is 11.6 Å². The van der Waals surface area contributed by atoms with Gasteiger partial charge < -0.3 is 10.6 Å². The standard InChI is InChI=1S/C16H12ClN3O4S/c17-14-3-1-2-4-15(14)20-16(21)11(9-18)10-19-12-5-7-13(8-6-12)25(22,23)24/h1-8,10,19H,(H,20,21)(H,22,23,24)/b11-10-. The molecule has 3 N–H and O–H groups in total. The van der Waals surface area contributed by atoms with Crippen molar-refractivity contribution < 1.29 is 17.8 Å². The number of rotatable bonds is 5. The molecule has 0 radical (unpaired) electrons. The zero-order valence-electron chi connectivity index (χ0n) is 12.6. The molecule has 0 bridgehead atoms. The number of anilines is 2. The van der Waals surface area contributed by atoms with E-state index in [0.717, 1.165) is 0 Å². The van der Waals surface area contributed by atoms with Crippen LogP contribution >= 0.6 is 11.6 Å². The number of nitrogens with one attached hydrogen (secondary N) is 2. The Balaban J connectivity index is 2.11. The lowest BCUT2D eigenvalue weighted by molar-refractivity contribution is -0.112. The maximum absolute atomic E-state index is 12.1. The third-order valence-corrected chi connectivity index (χ3v) is 4.22. The Kier molecular flexibility index (Phi) is 5.77. The van der Waals surface area contributed by atoms with E-state index < -0.39 is 16.0 Å². The molecular formula is C16H12ClN3O4S. The molecular weight excluding hydrogens is 366 g/mol. The summed E-state index contributed by atoms with van der Waals surface area (Å²) in [6.45, 7) is 0. The van der Waals surface area contributed by atoms with Crippen molar-refractivity contribution >= 4 is 39.0 Å². The molecule has 9 heteroatoms. The monoisotopic (exact) mass is 377 g/mol. The van der Waals surface area contributed by atoms with E-state index in [9.17, 15) is 13.2 Å². The molecule has 25 heavy (non-hydrogen) atoms. The first-order valence-electron chi connectivity index (χ1n) is 6.81. The second-order valence-corrected chi connectivity index (χ2v) is 6.58. The van der Waals surface area contributed by atoms with Crippen LogP contribution in [-0.2, 0) is 14.9 Å². The first kappa shape index (κ1) is 18.5. The maximum atomic E-state index is 12.1. The van der Waals surface area contributed by atoms with Crippen LogP contribution in [0, 0.1) is 11.3 Å². The first-order chi connectivity index (χ1) is 11.8. The molecule has 0 aromatic heterocycles. The molecule has 0 spiro atoms. The van der Waals surface area contributed by atoms with Gasteiger partial charge in [0.15, 0.2) is 0 Å². The van der Waals surface area contributed by atoms with Gasteiger partial charge in [-0.15, -0.1) is 0 Å². The van der Waals surface area contributed by atoms with Crippen LogP contribution in [0.5, 0.6) is 0 Å². The Morgan fingerprint density at radius 2 is 1.80 bits per heavy atom. The Hall–Kier alpha value is -2.86. The van der Waals surface area contributed by atoms with Crippen LogP contribution in [0.15, 0.2) is 65.2 Å². The van der Waals surface area contributed by atoms with Gasteiger partial charge in [-0.05, 0) is 36.4 Å². The molecule has 0 atom stereocenters. The van der Waals surface area contributed by atoms with Crippen LogP contribution in [0.2, 0.25) is 5.02 Å². The van der Waals surface area contributed by atoms with Crippen molar-refractivity contribution in [2.24, 2.45) is 0 Å². The Labute approximate surface area is 149 Å². The van der Waals surface area contributed by atoms with Gasteiger partial charge in [0.2, 0.25) is 0 Å². The Bertz CT molecular complexity index is 964. The summed E-state index contributed by atoms with van der Waals surface area (Å²) in [4.78, 5) is 11.8. The summed E-state index contributed by atoms with van der Waals surface area (Å²) < 4.78 is 30.8. The lowest BCUT2D eigenvalue weighted by Crippen LogP contribution is -2.14. The van der Waals surface area contributed by atoms with E-state index in [4.69, 9.17) is 21.4 Å². The Morgan fingerprint density at radius 1 is 1.16 bits per heavy atom. The summed E-state index contributed by atoms with van der Waals surface area (Å²) in [7, 11) is -4.28. The number of nitrogens with zero attached hydrogens (tertiary/aromatic N) is 1. The van der Waals surface area contributed by atoms with Crippen molar-refractivity contribution in [3.63, 3.8) is 0 Å². The SMILES string of the molecule is N#C/C(=C/Nc1ccc(S(=O)(=O)O)cc1)C(=O)Nc1ccccc1Cl. The van der Waals surface area contributed by atoms with E-state index in [1.54, 1.807) is 30.3 Å². The van der Waals surface area contributed by atoms with Gasteiger partial charge >= 0.3 is 0 Å². The van der Waals surface area contributed by atoms with Crippen molar-refractivity contribution in [1.82, 2.24) is 0 Å². The highest BCUT2D eigenvalue weighted by molar-refractivity contribution is 7.85. The van der Waals surface area contributed by atoms with E-state index in [2.05, 4.69) is 10.6 Å². The number of hydrogen-bond donors (Lipinski definition) is 3. The minimum absolute atomic E-state index is 0.209. The van der Waals surface area contributed by atoms with Crippen LogP contribution in [0.1, 0.15) is 0 Å². The van der Waals surface area contributed by atoms with Crippen LogP contribution in [0.4, 0.5) is 11.4 Å². The highest BCUT2D eigenvalue weighted by Crippen LogP contribution is 2.21. The van der Waals surface area contributed by atoms with E-state index in [1.807, 2.05) is 0 Å². The largest absolute Gasteiger partial charge is 0.360 e. The maximum Gasteiger partial charge on any atom is 0.294 e. The molecule has 2 aromatic rings. The molecule has 2 aromatic carbocycles. The van der Waals surface area contributed by atoms with E-state index >= 15 is 0 Å². The number of carbonyl (C=O) groups is 1. The van der Waals surface area contributed by atoms with Crippen molar-refractivity contribution in [3.05, 3.63) is 65.3 Å². The van der Waals surface area contributed by atoms with Crippen molar-refractivity contribution in [2.75, 3.05) is 10.6 Å². The predicted octanol–water partition coefficient (Wildman–Crippen LogP) is 3.04. The number of halogens is 1. The summed E-state index contributed by atoms with van der Waals surface area (Å²) in [6.07, 6.45) is 1.18. The van der Waals surface area contributed by atoms with Crippen molar-refractivity contribution in [2.45, 2.75) is 4.90 Å². The normalized spacial score (nSPS) is 11.5. The number of para-hydroxylation sites is 1. The van der Waals surface area contributed by atoms with E-state index in [1.165, 1.54) is 30.5 Å². The first-order valence-corrected chi connectivity index (χ1v) is 8.63. The van der Waals surface area contributed by atoms with Crippen LogP contribution in [0.25, 0.3) is 0 Å². The number of benzene rings is 2. The topological polar surface area (TPSA) is 119 Å². The molecule has 1 amide bonds. The fraction of sp³-hybridized carbons (Fsp3) is 0. The number of amides is 1. The van der Waals surface area contributed by atoms with Gasteiger partial charge in [-0.1, -0.05) is 23.7 Å². The summed E-state index contributed by atoms with van der Waals surface area (Å²) in [5.74, 6) is -0.655. The van der Waals surface area contributed by atoms with Crippen molar-refractivity contribution in [3.8, 4) is 6.07 Å². The zero-order valence-corrected chi connectivity index (χ0v) is 14.2. The molecule has 0 aliphatic carbocycles. The lowest BCUT2D eigenvalue weighted by Gasteiger charge is -2.07. The summed E-state index contributed by atoms with van der Waals surface area (Å²) in [6, 6.07) is 13.5. The quantitative estimate of drug-likeness (QED) is 0.418. The number of hydrogen-bond acceptors (Lipinski definition) is 5. The highest BCUT2D eigenvalue weighted by Gasteiger charge is 2.11. The van der Waals surface area contributed by atoms with Gasteiger partial charge in [-0.2, -0.15) is 13.7 Å². The molecule has 0 aliphatic rings. The molecule has 2 rings (SSSR count). The van der Waals surface area contributed by atoms with Gasteiger partial charge in [-0.3, -0.25) is 9.35 Å². The predicted molar refractivity (Wildman–Crippen MR) is 93.7 cm³/mol. The third kappa shape index (κ3) is 5.06. The molecule has 0 fully saturated rings. The van der Waals surface area contributed by atoms with Crippen LogP contribution in [-0.4, -0.2) is 18.9 Å². The summed E-state index contributed by atoms with van der Waals surface area (Å²) >= 11 is 5.94. The fourth-order valence-electron chi connectivity index (χ4n) is 1.78. The van der Waals surface area contributed by atoms with Crippen molar-refractivity contribution in [1.29, 1.82) is 5.26 Å². The molecule has 0 aliphatic heterocycles.